The van der Waals surface area contributed by atoms with E-state index < -0.39 is 5.25 Å². The highest BCUT2D eigenvalue weighted by molar-refractivity contribution is 8.00. The molecule has 0 saturated carbocycles. The van der Waals surface area contributed by atoms with Crippen LogP contribution in [-0.4, -0.2) is 30.5 Å². The van der Waals surface area contributed by atoms with Gasteiger partial charge in [0.2, 0.25) is 5.91 Å². The Kier molecular flexibility index (Phi) is 5.95. The number of nitrogens with zero attached hydrogens (tertiary/aromatic N) is 4. The molecule has 1 amide bonds. The molecule has 0 aliphatic rings. The highest BCUT2D eigenvalue weighted by Gasteiger charge is 2.22. The van der Waals surface area contributed by atoms with Crippen molar-refractivity contribution in [2.45, 2.75) is 64.5 Å². The van der Waals surface area contributed by atoms with Crippen LogP contribution in [0, 0.1) is 13.8 Å². The molecule has 7 nitrogen and oxygen atoms in total. The van der Waals surface area contributed by atoms with Gasteiger partial charge in [-0.05, 0) is 47.1 Å². The maximum atomic E-state index is 12.9. The van der Waals surface area contributed by atoms with Crippen molar-refractivity contribution in [3.63, 3.8) is 0 Å². The van der Waals surface area contributed by atoms with Crippen LogP contribution in [0.2, 0.25) is 0 Å². The van der Waals surface area contributed by atoms with Gasteiger partial charge in [0.1, 0.15) is 10.6 Å². The molecule has 3 heterocycles. The van der Waals surface area contributed by atoms with Crippen molar-refractivity contribution >= 4 is 45.0 Å². The van der Waals surface area contributed by atoms with E-state index in [1.165, 1.54) is 23.1 Å². The van der Waals surface area contributed by atoms with Crippen LogP contribution < -0.4 is 10.9 Å². The maximum absolute atomic E-state index is 12.9. The molecule has 0 aliphatic carbocycles. The molecule has 0 radical (unpaired) electrons. The Morgan fingerprint density at radius 3 is 2.68 bits per heavy atom. The topological polar surface area (TPSA) is 81.8 Å². The van der Waals surface area contributed by atoms with Gasteiger partial charge in [-0.25, -0.2) is 9.67 Å². The quantitative estimate of drug-likeness (QED) is 0.482. The lowest BCUT2D eigenvalue weighted by Gasteiger charge is -2.16. The number of fused-ring (bicyclic) bond motifs is 1. The summed E-state index contributed by atoms with van der Waals surface area (Å²) < 4.78 is 3.41. The minimum Gasteiger partial charge on any atom is -0.310 e. The van der Waals surface area contributed by atoms with Gasteiger partial charge in [0.25, 0.3) is 5.56 Å². The fraction of sp³-hybridized carbons (Fsp3) is 0.474. The number of thiophene rings is 1. The molecule has 0 fully saturated rings. The van der Waals surface area contributed by atoms with Gasteiger partial charge in [-0.1, -0.05) is 11.8 Å². The zero-order chi connectivity index (χ0) is 20.6. The zero-order valence-corrected chi connectivity index (χ0v) is 18.6. The monoisotopic (exact) mass is 419 g/mol. The highest BCUT2D eigenvalue weighted by atomic mass is 32.2. The van der Waals surface area contributed by atoms with E-state index in [0.717, 1.165) is 15.3 Å². The predicted molar refractivity (Wildman–Crippen MR) is 116 cm³/mol. The second-order valence-electron chi connectivity index (χ2n) is 6.91. The molecule has 0 aliphatic heterocycles. The van der Waals surface area contributed by atoms with E-state index in [1.54, 1.807) is 21.5 Å². The Hall–Kier alpha value is -2.13. The molecule has 150 valence electrons. The molecular formula is C19H25N5O2S2. The number of amides is 1. The summed E-state index contributed by atoms with van der Waals surface area (Å²) >= 11 is 2.82. The maximum Gasteiger partial charge on any atom is 0.263 e. The van der Waals surface area contributed by atoms with Gasteiger partial charge in [-0.3, -0.25) is 14.2 Å². The number of carbonyl (C=O) groups excluding carboxylic acids is 1. The molecule has 3 aromatic rings. The summed E-state index contributed by atoms with van der Waals surface area (Å²) in [6, 6.07) is 1.92. The summed E-state index contributed by atoms with van der Waals surface area (Å²) in [6.07, 6.45) is 1.67. The van der Waals surface area contributed by atoms with E-state index in [4.69, 9.17) is 4.98 Å². The average Bonchev–Trinajstić information content (AvgIpc) is 3.20. The number of nitrogens with one attached hydrogen (secondary N) is 1. The minimum absolute atomic E-state index is 0.0395. The number of hydrogen-bond donors (Lipinski definition) is 1. The fourth-order valence-electron chi connectivity index (χ4n) is 2.94. The SMILES string of the molecule is CCn1c(S[C@@H](C)C(=O)Nc2ccnn2C(C)C)nc2sc(C)c(C)c2c1=O. The number of rotatable bonds is 6. The molecule has 0 spiro atoms. The molecule has 0 unspecified atom stereocenters. The van der Waals surface area contributed by atoms with Gasteiger partial charge in [0.15, 0.2) is 5.16 Å². The van der Waals surface area contributed by atoms with Crippen molar-refractivity contribution in [3.8, 4) is 0 Å². The van der Waals surface area contributed by atoms with Gasteiger partial charge in [0, 0.05) is 23.5 Å². The van der Waals surface area contributed by atoms with E-state index in [0.29, 0.717) is 22.9 Å². The van der Waals surface area contributed by atoms with Crippen molar-refractivity contribution in [1.29, 1.82) is 0 Å². The van der Waals surface area contributed by atoms with E-state index in [2.05, 4.69) is 10.4 Å². The van der Waals surface area contributed by atoms with Crippen molar-refractivity contribution < 1.29 is 4.79 Å². The fourth-order valence-corrected chi connectivity index (χ4v) is 4.98. The largest absolute Gasteiger partial charge is 0.310 e. The third-order valence-corrected chi connectivity index (χ3v) is 6.82. The molecule has 1 atom stereocenters. The summed E-state index contributed by atoms with van der Waals surface area (Å²) in [5.41, 5.74) is 0.950. The number of aryl methyl sites for hydroxylation is 2. The predicted octanol–water partition coefficient (Wildman–Crippen LogP) is 3.99. The third kappa shape index (κ3) is 3.73. The van der Waals surface area contributed by atoms with Crippen molar-refractivity contribution in [2.75, 3.05) is 5.32 Å². The van der Waals surface area contributed by atoms with E-state index in [1.807, 2.05) is 41.5 Å². The third-order valence-electron chi connectivity index (χ3n) is 4.63. The number of thioether (sulfide) groups is 1. The van der Waals surface area contributed by atoms with Gasteiger partial charge >= 0.3 is 0 Å². The first kappa shape index (κ1) is 20.6. The van der Waals surface area contributed by atoms with Crippen LogP contribution in [-0.2, 0) is 11.3 Å². The Labute approximate surface area is 172 Å². The average molecular weight is 420 g/mol. The zero-order valence-electron chi connectivity index (χ0n) is 16.9. The van der Waals surface area contributed by atoms with Crippen LogP contribution in [0.3, 0.4) is 0 Å². The summed E-state index contributed by atoms with van der Waals surface area (Å²) in [6.45, 7) is 12.2. The van der Waals surface area contributed by atoms with Crippen LogP contribution in [0.15, 0.2) is 22.2 Å². The lowest BCUT2D eigenvalue weighted by molar-refractivity contribution is -0.115. The first-order chi connectivity index (χ1) is 13.2. The van der Waals surface area contributed by atoms with Crippen LogP contribution in [0.5, 0.6) is 0 Å². The first-order valence-corrected chi connectivity index (χ1v) is 11.0. The van der Waals surface area contributed by atoms with E-state index in [9.17, 15) is 9.59 Å². The van der Waals surface area contributed by atoms with Crippen molar-refractivity contribution in [3.05, 3.63) is 33.1 Å². The van der Waals surface area contributed by atoms with Crippen molar-refractivity contribution in [1.82, 2.24) is 19.3 Å². The summed E-state index contributed by atoms with van der Waals surface area (Å²) in [4.78, 5) is 32.2. The van der Waals surface area contributed by atoms with Crippen LogP contribution in [0.4, 0.5) is 5.82 Å². The lowest BCUT2D eigenvalue weighted by atomic mass is 10.2. The molecule has 0 aromatic carbocycles. The van der Waals surface area contributed by atoms with E-state index >= 15 is 0 Å². The molecule has 0 saturated heterocycles. The smallest absolute Gasteiger partial charge is 0.263 e. The summed E-state index contributed by atoms with van der Waals surface area (Å²) in [7, 11) is 0. The van der Waals surface area contributed by atoms with Crippen LogP contribution in [0.1, 0.15) is 44.2 Å². The second-order valence-corrected chi connectivity index (χ2v) is 9.42. The Balaban J connectivity index is 1.88. The summed E-state index contributed by atoms with van der Waals surface area (Å²) in [5, 5.41) is 8.00. The number of carbonyl (C=O) groups is 1. The lowest BCUT2D eigenvalue weighted by Crippen LogP contribution is -2.27. The molecular weight excluding hydrogens is 394 g/mol. The Morgan fingerprint density at radius 1 is 1.32 bits per heavy atom. The minimum atomic E-state index is -0.417. The van der Waals surface area contributed by atoms with Gasteiger partial charge < -0.3 is 5.32 Å². The normalized spacial score (nSPS) is 12.7. The van der Waals surface area contributed by atoms with Gasteiger partial charge in [-0.15, -0.1) is 11.3 Å². The number of anilines is 1. The molecule has 3 aromatic heterocycles. The Bertz CT molecular complexity index is 1080. The Morgan fingerprint density at radius 2 is 2.04 bits per heavy atom. The second kappa shape index (κ2) is 8.08. The standard InChI is InChI=1S/C19H25N5O2S2/c1-7-23-18(26)15-11(4)12(5)27-17(15)22-19(23)28-13(6)16(25)21-14-8-9-20-24(14)10(2)3/h8-10,13H,7H2,1-6H3,(H,21,25)/t13-/m0/s1. The number of aromatic nitrogens is 4. The molecule has 1 N–H and O–H groups in total. The molecule has 28 heavy (non-hydrogen) atoms. The summed E-state index contributed by atoms with van der Waals surface area (Å²) in [5.74, 6) is 0.510. The van der Waals surface area contributed by atoms with Gasteiger partial charge in [0.05, 0.1) is 16.8 Å². The highest BCUT2D eigenvalue weighted by Crippen LogP contribution is 2.30. The van der Waals surface area contributed by atoms with Gasteiger partial charge in [-0.2, -0.15) is 5.10 Å². The van der Waals surface area contributed by atoms with Crippen LogP contribution in [0.25, 0.3) is 10.2 Å². The molecule has 0 bridgehead atoms. The molecule has 3 rings (SSSR count). The first-order valence-electron chi connectivity index (χ1n) is 9.26. The van der Waals surface area contributed by atoms with Crippen LogP contribution >= 0.6 is 23.1 Å². The van der Waals surface area contributed by atoms with E-state index in [-0.39, 0.29) is 17.5 Å². The van der Waals surface area contributed by atoms with Crippen molar-refractivity contribution in [2.24, 2.45) is 0 Å². The molecule has 9 heteroatoms. The number of hydrogen-bond acceptors (Lipinski definition) is 6.